The van der Waals surface area contributed by atoms with Gasteiger partial charge in [-0.3, -0.25) is 5.32 Å². The SMILES string of the molecule is COC(=O)C(NC1C2CCOC2C1(C)C)c1ccccc1. The lowest BCUT2D eigenvalue weighted by Crippen LogP contribution is -2.66. The van der Waals surface area contributed by atoms with Crippen LogP contribution in [0.25, 0.3) is 0 Å². The largest absolute Gasteiger partial charge is 0.468 e. The summed E-state index contributed by atoms with van der Waals surface area (Å²) in [5.41, 5.74) is 0.991. The van der Waals surface area contributed by atoms with Gasteiger partial charge in [0.15, 0.2) is 0 Å². The molecule has 1 aromatic carbocycles. The number of methoxy groups -OCH3 is 1. The highest BCUT2D eigenvalue weighted by molar-refractivity contribution is 5.77. The van der Waals surface area contributed by atoms with Crippen molar-refractivity contribution >= 4 is 5.97 Å². The van der Waals surface area contributed by atoms with Gasteiger partial charge in [0.1, 0.15) is 6.04 Å². The molecule has 1 aliphatic heterocycles. The standard InChI is InChI=1S/C17H23NO3/c1-17(2)14(12-9-10-21-15(12)17)18-13(16(19)20-3)11-7-5-4-6-8-11/h4-8,12-15,18H,9-10H2,1-3H3. The van der Waals surface area contributed by atoms with Gasteiger partial charge in [0.05, 0.1) is 13.2 Å². The van der Waals surface area contributed by atoms with Crippen LogP contribution in [-0.2, 0) is 14.3 Å². The summed E-state index contributed by atoms with van der Waals surface area (Å²) in [6, 6.07) is 9.62. The van der Waals surface area contributed by atoms with E-state index in [0.717, 1.165) is 18.6 Å². The Morgan fingerprint density at radius 1 is 1.38 bits per heavy atom. The van der Waals surface area contributed by atoms with Crippen molar-refractivity contribution in [1.29, 1.82) is 0 Å². The molecular weight excluding hydrogens is 266 g/mol. The molecule has 114 valence electrons. The number of carbonyl (C=O) groups excluding carboxylic acids is 1. The summed E-state index contributed by atoms with van der Waals surface area (Å²) in [5, 5.41) is 3.53. The molecule has 4 heteroatoms. The van der Waals surface area contributed by atoms with Gasteiger partial charge in [0.25, 0.3) is 0 Å². The molecule has 4 atom stereocenters. The van der Waals surface area contributed by atoms with Gasteiger partial charge in [-0.05, 0) is 12.0 Å². The number of fused-ring (bicyclic) bond motifs is 1. The van der Waals surface area contributed by atoms with Gasteiger partial charge in [-0.15, -0.1) is 0 Å². The number of benzene rings is 1. The minimum Gasteiger partial charge on any atom is -0.468 e. The van der Waals surface area contributed by atoms with Crippen molar-refractivity contribution in [1.82, 2.24) is 5.32 Å². The van der Waals surface area contributed by atoms with E-state index in [1.165, 1.54) is 7.11 Å². The maximum absolute atomic E-state index is 12.2. The summed E-state index contributed by atoms with van der Waals surface area (Å²) in [6.07, 6.45) is 1.37. The van der Waals surface area contributed by atoms with Crippen molar-refractivity contribution in [3.8, 4) is 0 Å². The second kappa shape index (κ2) is 5.43. The predicted molar refractivity (Wildman–Crippen MR) is 79.8 cm³/mol. The molecule has 1 heterocycles. The number of ether oxygens (including phenoxy) is 2. The number of rotatable bonds is 4. The Balaban J connectivity index is 1.81. The average Bonchev–Trinajstić information content (AvgIpc) is 2.95. The zero-order chi connectivity index (χ0) is 15.0. The van der Waals surface area contributed by atoms with Crippen molar-refractivity contribution in [3.05, 3.63) is 35.9 Å². The zero-order valence-corrected chi connectivity index (χ0v) is 12.8. The monoisotopic (exact) mass is 289 g/mol. The molecule has 1 aromatic rings. The van der Waals surface area contributed by atoms with Crippen molar-refractivity contribution < 1.29 is 14.3 Å². The molecule has 0 radical (unpaired) electrons. The molecule has 4 nitrogen and oxygen atoms in total. The van der Waals surface area contributed by atoms with Crippen LogP contribution in [0.5, 0.6) is 0 Å². The van der Waals surface area contributed by atoms with Gasteiger partial charge in [-0.1, -0.05) is 44.2 Å². The van der Waals surface area contributed by atoms with Crippen LogP contribution in [0, 0.1) is 11.3 Å². The van der Waals surface area contributed by atoms with Crippen LogP contribution in [0.3, 0.4) is 0 Å². The van der Waals surface area contributed by atoms with Gasteiger partial charge < -0.3 is 9.47 Å². The smallest absolute Gasteiger partial charge is 0.327 e. The summed E-state index contributed by atoms with van der Waals surface area (Å²) >= 11 is 0. The van der Waals surface area contributed by atoms with Gasteiger partial charge in [0.2, 0.25) is 0 Å². The Hall–Kier alpha value is -1.39. The molecule has 2 fully saturated rings. The third-order valence-corrected chi connectivity index (χ3v) is 5.02. The average molecular weight is 289 g/mol. The lowest BCUT2D eigenvalue weighted by atomic mass is 9.57. The predicted octanol–water partition coefficient (Wildman–Crippen LogP) is 2.30. The van der Waals surface area contributed by atoms with E-state index >= 15 is 0 Å². The van der Waals surface area contributed by atoms with Gasteiger partial charge in [0, 0.05) is 24.0 Å². The van der Waals surface area contributed by atoms with Crippen molar-refractivity contribution in [2.24, 2.45) is 11.3 Å². The maximum Gasteiger partial charge on any atom is 0.327 e. The Kier molecular flexibility index (Phi) is 3.76. The summed E-state index contributed by atoms with van der Waals surface area (Å²) in [6.45, 7) is 5.23. The van der Waals surface area contributed by atoms with E-state index < -0.39 is 6.04 Å². The topological polar surface area (TPSA) is 47.6 Å². The van der Waals surface area contributed by atoms with Crippen molar-refractivity contribution in [2.45, 2.75) is 38.5 Å². The van der Waals surface area contributed by atoms with Crippen LogP contribution < -0.4 is 5.32 Å². The quantitative estimate of drug-likeness (QED) is 0.864. The van der Waals surface area contributed by atoms with Crippen molar-refractivity contribution in [2.75, 3.05) is 13.7 Å². The molecule has 4 unspecified atom stereocenters. The summed E-state index contributed by atoms with van der Waals surface area (Å²) in [4.78, 5) is 12.2. The summed E-state index contributed by atoms with van der Waals surface area (Å²) in [5.74, 6) is 0.259. The molecule has 1 saturated carbocycles. The number of esters is 1. The van der Waals surface area contributed by atoms with Gasteiger partial charge in [-0.25, -0.2) is 4.79 Å². The molecule has 0 bridgehead atoms. The lowest BCUT2D eigenvalue weighted by molar-refractivity contribution is -0.148. The molecule has 0 spiro atoms. The van der Waals surface area contributed by atoms with E-state index in [1.807, 2.05) is 30.3 Å². The van der Waals surface area contributed by atoms with Gasteiger partial charge in [-0.2, -0.15) is 0 Å². The van der Waals surface area contributed by atoms with E-state index in [9.17, 15) is 4.79 Å². The first-order valence-corrected chi connectivity index (χ1v) is 7.56. The van der Waals surface area contributed by atoms with E-state index in [-0.39, 0.29) is 17.4 Å². The first-order valence-electron chi connectivity index (χ1n) is 7.56. The molecule has 3 rings (SSSR count). The van der Waals surface area contributed by atoms with Crippen LogP contribution in [0.4, 0.5) is 0 Å². The number of carbonyl (C=O) groups is 1. The highest BCUT2D eigenvalue weighted by Crippen LogP contribution is 2.52. The van der Waals surface area contributed by atoms with E-state index in [2.05, 4.69) is 19.2 Å². The number of hydrogen-bond acceptors (Lipinski definition) is 4. The highest BCUT2D eigenvalue weighted by atomic mass is 16.5. The Morgan fingerprint density at radius 2 is 2.10 bits per heavy atom. The molecule has 1 saturated heterocycles. The Morgan fingerprint density at radius 3 is 2.76 bits per heavy atom. The molecule has 1 aliphatic carbocycles. The Bertz CT molecular complexity index is 514. The first-order chi connectivity index (χ1) is 10.1. The van der Waals surface area contributed by atoms with Crippen LogP contribution in [-0.4, -0.2) is 31.8 Å². The fourth-order valence-electron chi connectivity index (χ4n) is 3.91. The molecular formula is C17H23NO3. The minimum absolute atomic E-state index is 0.0439. The summed E-state index contributed by atoms with van der Waals surface area (Å²) in [7, 11) is 1.44. The molecule has 2 aliphatic rings. The van der Waals surface area contributed by atoms with Crippen LogP contribution in [0.2, 0.25) is 0 Å². The molecule has 0 aromatic heterocycles. The lowest BCUT2D eigenvalue weighted by Gasteiger charge is -2.55. The summed E-state index contributed by atoms with van der Waals surface area (Å²) < 4.78 is 10.8. The van der Waals surface area contributed by atoms with Crippen LogP contribution in [0.15, 0.2) is 30.3 Å². The van der Waals surface area contributed by atoms with Crippen LogP contribution >= 0.6 is 0 Å². The molecule has 0 amide bonds. The van der Waals surface area contributed by atoms with E-state index in [4.69, 9.17) is 9.47 Å². The Labute approximate surface area is 125 Å². The van der Waals surface area contributed by atoms with Crippen molar-refractivity contribution in [3.63, 3.8) is 0 Å². The molecule has 21 heavy (non-hydrogen) atoms. The maximum atomic E-state index is 12.2. The molecule has 1 N–H and O–H groups in total. The zero-order valence-electron chi connectivity index (χ0n) is 12.8. The normalized spacial score (nSPS) is 31.1. The van der Waals surface area contributed by atoms with E-state index in [1.54, 1.807) is 0 Å². The third-order valence-electron chi connectivity index (χ3n) is 5.02. The fraction of sp³-hybridized carbons (Fsp3) is 0.588. The van der Waals surface area contributed by atoms with Crippen LogP contribution in [0.1, 0.15) is 31.9 Å². The number of nitrogens with one attached hydrogen (secondary N) is 1. The number of hydrogen-bond donors (Lipinski definition) is 1. The second-order valence-corrected chi connectivity index (χ2v) is 6.58. The van der Waals surface area contributed by atoms with E-state index in [0.29, 0.717) is 12.0 Å². The third kappa shape index (κ3) is 2.36. The first kappa shape index (κ1) is 14.5. The minimum atomic E-state index is -0.415. The van der Waals surface area contributed by atoms with Gasteiger partial charge >= 0.3 is 5.97 Å². The fourth-order valence-corrected chi connectivity index (χ4v) is 3.91. The highest BCUT2D eigenvalue weighted by Gasteiger charge is 2.59. The second-order valence-electron chi connectivity index (χ2n) is 6.58.